The first-order valence-electron chi connectivity index (χ1n) is 18.4. The second kappa shape index (κ2) is 23.0. The monoisotopic (exact) mass is 788 g/mol. The van der Waals surface area contributed by atoms with Crippen molar-refractivity contribution in [1.29, 1.82) is 0 Å². The molecule has 0 unspecified atom stereocenters. The lowest BCUT2D eigenvalue weighted by molar-refractivity contribution is -0.142. The van der Waals surface area contributed by atoms with E-state index in [2.05, 4.69) is 26.7 Å². The van der Waals surface area contributed by atoms with Gasteiger partial charge < -0.3 is 35.8 Å². The molecule has 3 atom stereocenters. The van der Waals surface area contributed by atoms with Gasteiger partial charge in [-0.25, -0.2) is 14.6 Å². The Hall–Kier alpha value is -5.05. The first-order valence-corrected chi connectivity index (χ1v) is 18.9. The Morgan fingerprint density at radius 2 is 1.42 bits per heavy atom. The third kappa shape index (κ3) is 18.2. The molecule has 0 saturated carbocycles. The van der Waals surface area contributed by atoms with Crippen LogP contribution < -0.4 is 26.7 Å². The summed E-state index contributed by atoms with van der Waals surface area (Å²) in [6.07, 6.45) is -0.312. The number of phenolic OH excluding ortho intramolecular Hbond substituents is 1. The Morgan fingerprint density at radius 1 is 0.782 bits per heavy atom. The van der Waals surface area contributed by atoms with E-state index in [9.17, 15) is 33.9 Å². The fourth-order valence-corrected chi connectivity index (χ4v) is 5.31. The maximum absolute atomic E-state index is 13.9. The minimum Gasteiger partial charge on any atom is -0.508 e. The first-order chi connectivity index (χ1) is 25.9. The molecule has 0 spiro atoms. The average molecular weight is 789 g/mol. The summed E-state index contributed by atoms with van der Waals surface area (Å²) >= 11 is 5.84. The molecule has 6 N–H and O–H groups in total. The number of halogens is 1. The van der Waals surface area contributed by atoms with E-state index >= 15 is 0 Å². The van der Waals surface area contributed by atoms with E-state index in [0.29, 0.717) is 18.4 Å². The van der Waals surface area contributed by atoms with E-state index in [-0.39, 0.29) is 50.1 Å². The second-order valence-corrected chi connectivity index (χ2v) is 15.1. The molecule has 0 aliphatic carbocycles. The number of alkyl halides is 1. The Morgan fingerprint density at radius 3 is 2.00 bits per heavy atom. The molecule has 16 heteroatoms. The Kier molecular flexibility index (Phi) is 19.3. The molecule has 0 radical (unpaired) electrons. The van der Waals surface area contributed by atoms with Gasteiger partial charge in [-0.3, -0.25) is 24.6 Å². The number of unbranched alkanes of at least 4 members (excludes halogenated alkanes) is 1. The summed E-state index contributed by atoms with van der Waals surface area (Å²) in [6, 6.07) is 11.9. The van der Waals surface area contributed by atoms with Crippen molar-refractivity contribution in [2.75, 3.05) is 12.4 Å². The van der Waals surface area contributed by atoms with Crippen LogP contribution in [0.5, 0.6) is 5.75 Å². The average Bonchev–Trinajstić information content (AvgIpc) is 3.11. The third-order valence-corrected chi connectivity index (χ3v) is 8.16. The zero-order chi connectivity index (χ0) is 41.1. The maximum atomic E-state index is 13.9. The number of aromatic hydroxyl groups is 1. The molecule has 0 aromatic heterocycles. The number of alkyl carbamates (subject to hydrolysis) is 2. The van der Waals surface area contributed by atoms with Crippen LogP contribution in [0.3, 0.4) is 0 Å². The van der Waals surface area contributed by atoms with Crippen LogP contribution in [0, 0.1) is 11.8 Å². The van der Waals surface area contributed by atoms with Crippen molar-refractivity contribution in [2.45, 2.75) is 111 Å². The van der Waals surface area contributed by atoms with Crippen molar-refractivity contribution >= 4 is 47.4 Å². The van der Waals surface area contributed by atoms with Gasteiger partial charge >= 0.3 is 12.2 Å². The lowest BCUT2D eigenvalue weighted by Crippen LogP contribution is -2.59. The summed E-state index contributed by atoms with van der Waals surface area (Å²) in [4.78, 5) is 78.8. The zero-order valence-electron chi connectivity index (χ0n) is 32.8. The Labute approximate surface area is 328 Å². The number of hydrogen-bond acceptors (Lipinski definition) is 9. The first kappa shape index (κ1) is 46.1. The number of rotatable bonds is 19. The molecule has 2 aromatic rings. The fraction of sp³-hybridized carbons (Fsp3) is 0.538. The van der Waals surface area contributed by atoms with Crippen molar-refractivity contribution in [3.8, 4) is 5.75 Å². The zero-order valence-corrected chi connectivity index (χ0v) is 33.5. The van der Waals surface area contributed by atoms with Crippen molar-refractivity contribution in [1.82, 2.24) is 31.7 Å². The largest absolute Gasteiger partial charge is 0.508 e. The summed E-state index contributed by atoms with van der Waals surface area (Å²) in [5.41, 5.74) is 3.19. The number of benzene rings is 2. The van der Waals surface area contributed by atoms with Gasteiger partial charge in [0.2, 0.25) is 11.8 Å². The molecule has 6 amide bonds. The molecule has 15 nitrogen and oxygen atoms in total. The summed E-state index contributed by atoms with van der Waals surface area (Å²) in [7, 11) is 0. The predicted molar refractivity (Wildman–Crippen MR) is 207 cm³/mol. The Balaban J connectivity index is 2.21. The van der Waals surface area contributed by atoms with Crippen molar-refractivity contribution in [2.24, 2.45) is 11.8 Å². The fourth-order valence-electron chi connectivity index (χ4n) is 5.17. The smallest absolute Gasteiger partial charge is 0.408 e. The number of ether oxygens (including phenoxy) is 2. The highest BCUT2D eigenvalue weighted by atomic mass is 35.5. The van der Waals surface area contributed by atoms with Gasteiger partial charge in [0.05, 0.1) is 6.54 Å². The highest BCUT2D eigenvalue weighted by molar-refractivity contribution is 6.27. The molecule has 2 aromatic carbocycles. The molecule has 0 bridgehead atoms. The minimum atomic E-state index is -1.15. The number of carbonyl (C=O) groups is 6. The van der Waals surface area contributed by atoms with Gasteiger partial charge in [0, 0.05) is 6.54 Å². The van der Waals surface area contributed by atoms with Gasteiger partial charge in [0.1, 0.15) is 42.0 Å². The molecular formula is C39H57ClN6O9. The lowest BCUT2D eigenvalue weighted by atomic mass is 10.0. The van der Waals surface area contributed by atoms with E-state index in [4.69, 9.17) is 21.1 Å². The van der Waals surface area contributed by atoms with Crippen molar-refractivity contribution in [3.63, 3.8) is 0 Å². The van der Waals surface area contributed by atoms with Gasteiger partial charge in [-0.15, -0.1) is 11.6 Å². The molecule has 0 saturated heterocycles. The lowest BCUT2D eigenvalue weighted by Gasteiger charge is -2.29. The predicted octanol–water partition coefficient (Wildman–Crippen LogP) is 4.65. The van der Waals surface area contributed by atoms with E-state index in [0.717, 1.165) is 10.6 Å². The highest BCUT2D eigenvalue weighted by Gasteiger charge is 2.33. The molecular weight excluding hydrogens is 732 g/mol. The SMILES string of the molecule is CC(C)C[C@H](NC(=O)[C@H](CCCCNC(=O)OCc1ccccc1)NC(=O)[C@@H](NC(=O)OC(C)(C)C)C(C)C)C(=O)NN(Cc1ccc(O)cc1)C(=O)CCl. The Bertz CT molecular complexity index is 1550. The number of nitrogens with one attached hydrogen (secondary N) is 5. The van der Waals surface area contributed by atoms with Crippen LogP contribution >= 0.6 is 11.6 Å². The van der Waals surface area contributed by atoms with Crippen LogP contribution in [0.25, 0.3) is 0 Å². The molecule has 0 fully saturated rings. The van der Waals surface area contributed by atoms with Crippen LogP contribution in [0.4, 0.5) is 9.59 Å². The van der Waals surface area contributed by atoms with E-state index in [1.807, 2.05) is 44.2 Å². The van der Waals surface area contributed by atoms with E-state index in [1.54, 1.807) is 46.8 Å². The number of carbonyl (C=O) groups excluding carboxylic acids is 6. The van der Waals surface area contributed by atoms with E-state index in [1.165, 1.54) is 12.1 Å². The van der Waals surface area contributed by atoms with Crippen molar-refractivity contribution < 1.29 is 43.3 Å². The third-order valence-electron chi connectivity index (χ3n) is 7.93. The van der Waals surface area contributed by atoms with Gasteiger partial charge in [0.15, 0.2) is 0 Å². The number of hydrogen-bond donors (Lipinski definition) is 6. The van der Waals surface area contributed by atoms with Crippen LogP contribution in [-0.2, 0) is 41.8 Å². The van der Waals surface area contributed by atoms with Gasteiger partial charge in [-0.1, -0.05) is 70.2 Å². The second-order valence-electron chi connectivity index (χ2n) is 14.9. The quantitative estimate of drug-likeness (QED) is 0.0665. The maximum Gasteiger partial charge on any atom is 0.408 e. The molecule has 0 heterocycles. The summed E-state index contributed by atoms with van der Waals surface area (Å²) in [5, 5.41) is 21.4. The molecule has 304 valence electrons. The van der Waals surface area contributed by atoms with Gasteiger partial charge in [-0.05, 0) is 81.5 Å². The molecule has 0 aliphatic rings. The number of hydrazine groups is 1. The van der Waals surface area contributed by atoms with Gasteiger partial charge in [-0.2, -0.15) is 0 Å². The number of nitrogens with zero attached hydrogens (tertiary/aromatic N) is 1. The van der Waals surface area contributed by atoms with Crippen LogP contribution in [-0.4, -0.2) is 82.1 Å². The molecule has 0 aliphatic heterocycles. The minimum absolute atomic E-state index is 0.0299. The highest BCUT2D eigenvalue weighted by Crippen LogP contribution is 2.14. The molecule has 2 rings (SSSR count). The normalized spacial score (nSPS) is 12.8. The topological polar surface area (TPSA) is 204 Å². The number of amides is 6. The van der Waals surface area contributed by atoms with E-state index < -0.39 is 65.4 Å². The summed E-state index contributed by atoms with van der Waals surface area (Å²) in [5.74, 6) is -3.45. The van der Waals surface area contributed by atoms with Crippen LogP contribution in [0.1, 0.15) is 85.3 Å². The van der Waals surface area contributed by atoms with Crippen LogP contribution in [0.15, 0.2) is 54.6 Å². The molecule has 55 heavy (non-hydrogen) atoms. The van der Waals surface area contributed by atoms with Gasteiger partial charge in [0.25, 0.3) is 11.8 Å². The van der Waals surface area contributed by atoms with Crippen molar-refractivity contribution in [3.05, 3.63) is 65.7 Å². The summed E-state index contributed by atoms with van der Waals surface area (Å²) in [6.45, 7) is 12.5. The number of phenols is 1. The standard InChI is InChI=1S/C39H57ClN6O9/c1-25(2)21-31(35(50)45-46(32(48)22-40)23-27-16-18-29(47)19-17-27)43-34(49)30(42-36(51)33(26(3)4)44-38(53)55-39(5,6)7)15-11-12-20-41-37(52)54-24-28-13-9-8-10-14-28/h8-10,13-14,16-19,25-26,30-31,33,47H,11-12,15,20-24H2,1-7H3,(H,41,52)(H,42,51)(H,43,49)(H,44,53)(H,45,50)/t30-,31-,33-/m0/s1. The van der Waals surface area contributed by atoms with Crippen LogP contribution in [0.2, 0.25) is 0 Å². The summed E-state index contributed by atoms with van der Waals surface area (Å²) < 4.78 is 10.6.